The van der Waals surface area contributed by atoms with Gasteiger partial charge >= 0.3 is 0 Å². The Morgan fingerprint density at radius 1 is 1.08 bits per heavy atom. The Kier molecular flexibility index (Phi) is 3.81. The summed E-state index contributed by atoms with van der Waals surface area (Å²) in [5.41, 5.74) is 6.42. The van der Waals surface area contributed by atoms with Crippen LogP contribution in [0.5, 0.6) is 0 Å². The molecule has 0 N–H and O–H groups in total. The first kappa shape index (κ1) is 15.3. The lowest BCUT2D eigenvalue weighted by atomic mass is 10.2. The molecule has 2 aromatic heterocycles. The molecule has 0 saturated carbocycles. The van der Waals surface area contributed by atoms with E-state index in [9.17, 15) is 0 Å². The van der Waals surface area contributed by atoms with E-state index in [2.05, 4.69) is 41.5 Å². The molecule has 3 aromatic rings. The van der Waals surface area contributed by atoms with Crippen molar-refractivity contribution < 1.29 is 0 Å². The van der Waals surface area contributed by atoms with E-state index in [4.69, 9.17) is 9.97 Å². The standard InChI is InChI=1S/C19H23N5/c1-13-10-14(2)24(22-13)16-8-9-23(11-16)12-19-15(3)20-17-6-4-5-7-18(17)21-19/h4-7,10,16H,8-9,11-12H2,1-3H3/t16-/m1/s1. The minimum absolute atomic E-state index is 0.465. The summed E-state index contributed by atoms with van der Waals surface area (Å²) in [7, 11) is 0. The number of hydrogen-bond donors (Lipinski definition) is 0. The summed E-state index contributed by atoms with van der Waals surface area (Å²) >= 11 is 0. The second kappa shape index (κ2) is 5.98. The Hall–Kier alpha value is -2.27. The van der Waals surface area contributed by atoms with Crippen molar-refractivity contribution in [3.05, 3.63) is 53.1 Å². The second-order valence-corrected chi connectivity index (χ2v) is 6.79. The van der Waals surface area contributed by atoms with Gasteiger partial charge in [0.05, 0.1) is 34.2 Å². The fourth-order valence-corrected chi connectivity index (χ4v) is 3.66. The van der Waals surface area contributed by atoms with Gasteiger partial charge in [-0.15, -0.1) is 0 Å². The van der Waals surface area contributed by atoms with E-state index in [-0.39, 0.29) is 0 Å². The highest BCUT2D eigenvalue weighted by Gasteiger charge is 2.26. The highest BCUT2D eigenvalue weighted by atomic mass is 15.3. The van der Waals surface area contributed by atoms with Crippen LogP contribution in [0.25, 0.3) is 11.0 Å². The molecule has 0 bridgehead atoms. The Morgan fingerprint density at radius 3 is 2.54 bits per heavy atom. The number of fused-ring (bicyclic) bond motifs is 1. The van der Waals surface area contributed by atoms with Crippen LogP contribution >= 0.6 is 0 Å². The number of benzene rings is 1. The molecule has 1 fully saturated rings. The van der Waals surface area contributed by atoms with E-state index in [0.717, 1.165) is 54.2 Å². The van der Waals surface area contributed by atoms with E-state index in [1.807, 2.05) is 24.3 Å². The molecule has 0 radical (unpaired) electrons. The molecule has 4 rings (SSSR count). The van der Waals surface area contributed by atoms with Gasteiger partial charge in [-0.2, -0.15) is 5.10 Å². The average Bonchev–Trinajstić information content (AvgIpc) is 3.14. The normalized spacial score (nSPS) is 18.5. The molecule has 5 nitrogen and oxygen atoms in total. The van der Waals surface area contributed by atoms with Crippen LogP contribution in [0.4, 0.5) is 0 Å². The van der Waals surface area contributed by atoms with Crippen molar-refractivity contribution in [2.24, 2.45) is 0 Å². The SMILES string of the molecule is Cc1cc(C)n([C@@H]2CCN(Cc3nc4ccccc4nc3C)C2)n1. The smallest absolute Gasteiger partial charge is 0.0890 e. The number of rotatable bonds is 3. The van der Waals surface area contributed by atoms with Gasteiger partial charge in [0.15, 0.2) is 0 Å². The van der Waals surface area contributed by atoms with Crippen LogP contribution < -0.4 is 0 Å². The summed E-state index contributed by atoms with van der Waals surface area (Å²) in [6.07, 6.45) is 1.14. The number of para-hydroxylation sites is 2. The molecule has 3 heterocycles. The molecule has 1 saturated heterocycles. The average molecular weight is 321 g/mol. The highest BCUT2D eigenvalue weighted by molar-refractivity contribution is 5.74. The summed E-state index contributed by atoms with van der Waals surface area (Å²) in [4.78, 5) is 12.0. The second-order valence-electron chi connectivity index (χ2n) is 6.79. The Labute approximate surface area is 142 Å². The Bertz CT molecular complexity index is 883. The summed E-state index contributed by atoms with van der Waals surface area (Å²) in [5.74, 6) is 0. The van der Waals surface area contributed by atoms with Gasteiger partial charge in [-0.1, -0.05) is 12.1 Å². The van der Waals surface area contributed by atoms with Gasteiger partial charge in [0.1, 0.15) is 0 Å². The molecular formula is C19H23N5. The molecule has 1 aromatic carbocycles. The molecule has 0 unspecified atom stereocenters. The topological polar surface area (TPSA) is 46.8 Å². The minimum atomic E-state index is 0.465. The van der Waals surface area contributed by atoms with Crippen LogP contribution in [0.15, 0.2) is 30.3 Å². The van der Waals surface area contributed by atoms with Crippen LogP contribution in [0, 0.1) is 20.8 Å². The minimum Gasteiger partial charge on any atom is -0.295 e. The first-order valence-corrected chi connectivity index (χ1v) is 8.57. The van der Waals surface area contributed by atoms with Crippen molar-refractivity contribution in [2.45, 2.75) is 39.8 Å². The largest absolute Gasteiger partial charge is 0.295 e. The lowest BCUT2D eigenvalue weighted by Crippen LogP contribution is -2.23. The van der Waals surface area contributed by atoms with Gasteiger partial charge < -0.3 is 0 Å². The third kappa shape index (κ3) is 2.80. The predicted molar refractivity (Wildman–Crippen MR) is 94.9 cm³/mol. The van der Waals surface area contributed by atoms with E-state index >= 15 is 0 Å². The third-order valence-corrected chi connectivity index (χ3v) is 4.85. The van der Waals surface area contributed by atoms with Gasteiger partial charge in [0, 0.05) is 25.3 Å². The van der Waals surface area contributed by atoms with Gasteiger partial charge in [-0.05, 0) is 45.4 Å². The van der Waals surface area contributed by atoms with Crippen molar-refractivity contribution in [1.82, 2.24) is 24.6 Å². The van der Waals surface area contributed by atoms with Crippen molar-refractivity contribution in [3.8, 4) is 0 Å². The van der Waals surface area contributed by atoms with E-state index in [1.165, 1.54) is 5.69 Å². The van der Waals surface area contributed by atoms with Gasteiger partial charge in [-0.25, -0.2) is 9.97 Å². The molecule has 0 spiro atoms. The van der Waals surface area contributed by atoms with Crippen LogP contribution in [-0.4, -0.2) is 37.7 Å². The zero-order valence-corrected chi connectivity index (χ0v) is 14.5. The molecule has 5 heteroatoms. The maximum absolute atomic E-state index is 4.83. The highest BCUT2D eigenvalue weighted by Crippen LogP contribution is 2.25. The monoisotopic (exact) mass is 321 g/mol. The van der Waals surface area contributed by atoms with Crippen LogP contribution in [0.3, 0.4) is 0 Å². The number of aromatic nitrogens is 4. The van der Waals surface area contributed by atoms with Crippen LogP contribution in [0.1, 0.15) is 35.2 Å². The molecule has 0 amide bonds. The molecule has 1 aliphatic heterocycles. The van der Waals surface area contributed by atoms with E-state index < -0.39 is 0 Å². The lowest BCUT2D eigenvalue weighted by Gasteiger charge is -2.17. The molecule has 0 aliphatic carbocycles. The first-order chi connectivity index (χ1) is 11.6. The summed E-state index contributed by atoms with van der Waals surface area (Å²) in [6.45, 7) is 9.22. The van der Waals surface area contributed by atoms with E-state index in [1.54, 1.807) is 0 Å². The fraction of sp³-hybridized carbons (Fsp3) is 0.421. The van der Waals surface area contributed by atoms with Crippen molar-refractivity contribution >= 4 is 11.0 Å². The third-order valence-electron chi connectivity index (χ3n) is 4.85. The summed E-state index contributed by atoms with van der Waals surface area (Å²) in [5, 5.41) is 4.65. The van der Waals surface area contributed by atoms with E-state index in [0.29, 0.717) is 6.04 Å². The fourth-order valence-electron chi connectivity index (χ4n) is 3.66. The Morgan fingerprint density at radius 2 is 1.83 bits per heavy atom. The van der Waals surface area contributed by atoms with Gasteiger partial charge in [0.25, 0.3) is 0 Å². The predicted octanol–water partition coefficient (Wildman–Crippen LogP) is 3.20. The molecular weight excluding hydrogens is 298 g/mol. The number of nitrogens with zero attached hydrogens (tertiary/aromatic N) is 5. The Balaban J connectivity index is 1.52. The number of aryl methyl sites for hydroxylation is 3. The zero-order valence-electron chi connectivity index (χ0n) is 14.5. The van der Waals surface area contributed by atoms with Crippen LogP contribution in [-0.2, 0) is 6.54 Å². The molecule has 1 atom stereocenters. The van der Waals surface area contributed by atoms with Crippen molar-refractivity contribution in [3.63, 3.8) is 0 Å². The van der Waals surface area contributed by atoms with Gasteiger partial charge in [0.2, 0.25) is 0 Å². The molecule has 24 heavy (non-hydrogen) atoms. The number of hydrogen-bond acceptors (Lipinski definition) is 4. The quantitative estimate of drug-likeness (QED) is 0.743. The van der Waals surface area contributed by atoms with Crippen molar-refractivity contribution in [1.29, 1.82) is 0 Å². The maximum atomic E-state index is 4.83. The van der Waals surface area contributed by atoms with Crippen molar-refractivity contribution in [2.75, 3.05) is 13.1 Å². The molecule has 124 valence electrons. The molecule has 1 aliphatic rings. The maximum Gasteiger partial charge on any atom is 0.0890 e. The summed E-state index contributed by atoms with van der Waals surface area (Å²) < 4.78 is 2.19. The lowest BCUT2D eigenvalue weighted by molar-refractivity contribution is 0.306. The van der Waals surface area contributed by atoms with Crippen LogP contribution in [0.2, 0.25) is 0 Å². The zero-order chi connectivity index (χ0) is 16.7. The van der Waals surface area contributed by atoms with Gasteiger partial charge in [-0.3, -0.25) is 9.58 Å². The first-order valence-electron chi connectivity index (χ1n) is 8.57. The number of likely N-dealkylation sites (tertiary alicyclic amines) is 1. The summed E-state index contributed by atoms with van der Waals surface area (Å²) in [6, 6.07) is 10.7.